The fourth-order valence-electron chi connectivity index (χ4n) is 5.69. The topological polar surface area (TPSA) is 65.0 Å². The van der Waals surface area contributed by atoms with E-state index in [4.69, 9.17) is 14.2 Å². The monoisotopic (exact) mass is 560 g/mol. The van der Waals surface area contributed by atoms with Crippen molar-refractivity contribution in [1.29, 1.82) is 0 Å². The molecule has 0 amide bonds. The highest BCUT2D eigenvalue weighted by atomic mass is 32.2. The number of ether oxygens (including phenoxy) is 3. The SMILES string of the molecule is CCC1(COC(=O)CCc2cc(C)c(O)c(C)c2)COC2(CC(c3ccccc3)SC(c3ccccc3)C2)OC1. The van der Waals surface area contributed by atoms with Crippen molar-refractivity contribution in [3.8, 4) is 5.75 Å². The molecule has 2 atom stereocenters. The van der Waals surface area contributed by atoms with E-state index in [1.54, 1.807) is 0 Å². The summed E-state index contributed by atoms with van der Waals surface area (Å²) in [6, 6.07) is 25.1. The molecular weight excluding hydrogens is 520 g/mol. The van der Waals surface area contributed by atoms with Gasteiger partial charge in [-0.2, -0.15) is 0 Å². The Hall–Kier alpha value is -2.80. The highest BCUT2D eigenvalue weighted by molar-refractivity contribution is 7.99. The smallest absolute Gasteiger partial charge is 0.306 e. The number of benzene rings is 3. The Bertz CT molecular complexity index is 1210. The molecule has 2 saturated heterocycles. The average Bonchev–Trinajstić information content (AvgIpc) is 2.99. The number of esters is 1. The molecule has 3 aromatic carbocycles. The van der Waals surface area contributed by atoms with Gasteiger partial charge < -0.3 is 19.3 Å². The number of carbonyl (C=O) groups is 1. The third kappa shape index (κ3) is 6.56. The minimum atomic E-state index is -0.663. The summed E-state index contributed by atoms with van der Waals surface area (Å²) in [5, 5.41) is 10.5. The van der Waals surface area contributed by atoms with Crippen LogP contribution >= 0.6 is 11.8 Å². The summed E-state index contributed by atoms with van der Waals surface area (Å²) < 4.78 is 19.1. The van der Waals surface area contributed by atoms with Crippen LogP contribution in [0, 0.1) is 19.3 Å². The number of hydrogen-bond acceptors (Lipinski definition) is 6. The van der Waals surface area contributed by atoms with Crippen LogP contribution in [0.4, 0.5) is 0 Å². The summed E-state index contributed by atoms with van der Waals surface area (Å²) in [5.41, 5.74) is 4.90. The van der Waals surface area contributed by atoms with E-state index < -0.39 is 5.79 Å². The van der Waals surface area contributed by atoms with Crippen molar-refractivity contribution in [2.75, 3.05) is 19.8 Å². The van der Waals surface area contributed by atoms with E-state index >= 15 is 0 Å². The molecule has 2 aliphatic rings. The highest BCUT2D eigenvalue weighted by Gasteiger charge is 2.50. The normalized spacial score (nSPS) is 26.5. The van der Waals surface area contributed by atoms with Gasteiger partial charge >= 0.3 is 5.97 Å². The minimum absolute atomic E-state index is 0.223. The van der Waals surface area contributed by atoms with Gasteiger partial charge in [-0.15, -0.1) is 11.8 Å². The van der Waals surface area contributed by atoms with Crippen molar-refractivity contribution in [3.63, 3.8) is 0 Å². The van der Waals surface area contributed by atoms with Gasteiger partial charge in [-0.3, -0.25) is 4.79 Å². The Labute approximate surface area is 242 Å². The van der Waals surface area contributed by atoms with Crippen LogP contribution in [0.5, 0.6) is 5.75 Å². The van der Waals surface area contributed by atoms with Crippen LogP contribution in [0.15, 0.2) is 72.8 Å². The lowest BCUT2D eigenvalue weighted by molar-refractivity contribution is -0.315. The number of rotatable bonds is 8. The maximum absolute atomic E-state index is 12.7. The van der Waals surface area contributed by atoms with Gasteiger partial charge in [-0.1, -0.05) is 79.7 Å². The van der Waals surface area contributed by atoms with Gasteiger partial charge in [0.15, 0.2) is 5.79 Å². The molecule has 2 unspecified atom stereocenters. The molecular formula is C34H40O5S. The van der Waals surface area contributed by atoms with Crippen LogP contribution in [0.2, 0.25) is 0 Å². The van der Waals surface area contributed by atoms with Gasteiger partial charge in [0.05, 0.1) is 18.6 Å². The molecule has 5 nitrogen and oxygen atoms in total. The van der Waals surface area contributed by atoms with Gasteiger partial charge in [0.1, 0.15) is 12.4 Å². The van der Waals surface area contributed by atoms with Crippen LogP contribution in [0.25, 0.3) is 0 Å². The molecule has 0 saturated carbocycles. The van der Waals surface area contributed by atoms with Gasteiger partial charge in [0.25, 0.3) is 0 Å². The minimum Gasteiger partial charge on any atom is -0.507 e. The third-order valence-electron chi connectivity index (χ3n) is 8.40. The Morgan fingerprint density at radius 3 is 1.95 bits per heavy atom. The molecule has 1 N–H and O–H groups in total. The summed E-state index contributed by atoms with van der Waals surface area (Å²) in [5.74, 6) is -0.573. The van der Waals surface area contributed by atoms with Crippen LogP contribution < -0.4 is 0 Å². The molecule has 2 heterocycles. The third-order valence-corrected chi connectivity index (χ3v) is 9.94. The maximum Gasteiger partial charge on any atom is 0.306 e. The Kier molecular flexibility index (Phi) is 8.89. The first-order chi connectivity index (χ1) is 19.3. The highest BCUT2D eigenvalue weighted by Crippen LogP contribution is 2.56. The number of aromatic hydroxyl groups is 1. The van der Waals surface area contributed by atoms with Crippen molar-refractivity contribution in [3.05, 3.63) is 101 Å². The fourth-order valence-corrected chi connectivity index (χ4v) is 7.42. The summed E-state index contributed by atoms with van der Waals surface area (Å²) in [4.78, 5) is 12.7. The number of phenolic OH excluding ortho intramolecular Hbond substituents is 1. The van der Waals surface area contributed by atoms with Crippen LogP contribution in [0.3, 0.4) is 0 Å². The molecule has 2 aliphatic heterocycles. The molecule has 0 bridgehead atoms. The predicted octanol–water partition coefficient (Wildman–Crippen LogP) is 7.63. The van der Waals surface area contributed by atoms with Crippen molar-refractivity contribution in [2.45, 2.75) is 69.2 Å². The molecule has 5 rings (SSSR count). The molecule has 1 spiro atoms. The van der Waals surface area contributed by atoms with Crippen molar-refractivity contribution in [1.82, 2.24) is 0 Å². The second-order valence-electron chi connectivity index (χ2n) is 11.4. The van der Waals surface area contributed by atoms with Crippen LogP contribution in [-0.4, -0.2) is 36.7 Å². The summed E-state index contributed by atoms with van der Waals surface area (Å²) in [6.07, 6.45) is 3.25. The lowest BCUT2D eigenvalue weighted by atomic mass is 9.85. The van der Waals surface area contributed by atoms with Gasteiger partial charge in [-0.05, 0) is 54.5 Å². The fraction of sp³-hybridized carbons (Fsp3) is 0.441. The Morgan fingerprint density at radius 1 is 0.925 bits per heavy atom. The Balaban J connectivity index is 1.22. The molecule has 6 heteroatoms. The second kappa shape index (κ2) is 12.4. The lowest BCUT2D eigenvalue weighted by Gasteiger charge is -2.50. The standard InChI is InChI=1S/C34H40O5S/c1-4-33(21-37-31(35)16-15-26-17-24(2)32(36)25(3)18-26)22-38-34(39-23-33)19-29(27-11-7-5-8-12-27)40-30(20-34)28-13-9-6-10-14-28/h5-14,17-18,29-30,36H,4,15-16,19-23H2,1-3H3. The number of phenols is 1. The van der Waals surface area contributed by atoms with E-state index in [9.17, 15) is 9.90 Å². The van der Waals surface area contributed by atoms with E-state index in [1.165, 1.54) is 11.1 Å². The summed E-state index contributed by atoms with van der Waals surface area (Å²) >= 11 is 1.99. The largest absolute Gasteiger partial charge is 0.507 e. The van der Waals surface area contributed by atoms with Crippen molar-refractivity contribution >= 4 is 17.7 Å². The second-order valence-corrected chi connectivity index (χ2v) is 12.8. The van der Waals surface area contributed by atoms with E-state index in [0.717, 1.165) is 36.0 Å². The number of hydrogen-bond donors (Lipinski definition) is 1. The first kappa shape index (κ1) is 28.7. The quantitative estimate of drug-likeness (QED) is 0.286. The molecule has 40 heavy (non-hydrogen) atoms. The first-order valence-electron chi connectivity index (χ1n) is 14.3. The maximum atomic E-state index is 12.7. The van der Waals surface area contributed by atoms with Gasteiger partial charge in [0, 0.05) is 29.8 Å². The molecule has 0 aliphatic carbocycles. The number of aryl methyl sites for hydroxylation is 3. The van der Waals surface area contributed by atoms with E-state index in [1.807, 2.05) is 37.7 Å². The molecule has 3 aromatic rings. The van der Waals surface area contributed by atoms with Crippen molar-refractivity contribution < 1.29 is 24.1 Å². The van der Waals surface area contributed by atoms with Gasteiger partial charge in [-0.25, -0.2) is 0 Å². The zero-order valence-corrected chi connectivity index (χ0v) is 24.5. The Morgan fingerprint density at radius 2 is 1.45 bits per heavy atom. The van der Waals surface area contributed by atoms with Crippen LogP contribution in [-0.2, 0) is 25.4 Å². The summed E-state index contributed by atoms with van der Waals surface area (Å²) in [6.45, 7) is 7.14. The first-order valence-corrected chi connectivity index (χ1v) is 15.2. The van der Waals surface area contributed by atoms with Gasteiger partial charge in [0.2, 0.25) is 0 Å². The number of thioether (sulfide) groups is 1. The van der Waals surface area contributed by atoms with E-state index in [2.05, 4.69) is 67.6 Å². The number of carbonyl (C=O) groups excluding carboxylic acids is 1. The summed E-state index contributed by atoms with van der Waals surface area (Å²) in [7, 11) is 0. The molecule has 2 fully saturated rings. The van der Waals surface area contributed by atoms with Crippen molar-refractivity contribution in [2.24, 2.45) is 5.41 Å². The zero-order chi connectivity index (χ0) is 28.2. The van der Waals surface area contributed by atoms with Crippen LogP contribution in [0.1, 0.15) is 70.9 Å². The van der Waals surface area contributed by atoms with E-state index in [0.29, 0.717) is 31.8 Å². The molecule has 0 radical (unpaired) electrons. The molecule has 0 aromatic heterocycles. The average molecular weight is 561 g/mol. The predicted molar refractivity (Wildman–Crippen MR) is 159 cm³/mol. The molecule has 212 valence electrons. The lowest BCUT2D eigenvalue weighted by Crippen LogP contribution is -2.53. The zero-order valence-electron chi connectivity index (χ0n) is 23.7. The van der Waals surface area contributed by atoms with E-state index in [-0.39, 0.29) is 28.5 Å².